The van der Waals surface area contributed by atoms with Gasteiger partial charge < -0.3 is 5.32 Å². The first kappa shape index (κ1) is 9.40. The summed E-state index contributed by atoms with van der Waals surface area (Å²) in [7, 11) is 0. The van der Waals surface area contributed by atoms with Crippen LogP contribution in [0.15, 0.2) is 0 Å². The molecule has 11 heavy (non-hydrogen) atoms. The zero-order valence-corrected chi connectivity index (χ0v) is 8.58. The van der Waals surface area contributed by atoms with E-state index in [-0.39, 0.29) is 0 Å². The Hall–Kier alpha value is 0.310. The monoisotopic (exact) mass is 173 g/mol. The average Bonchev–Trinajstić information content (AvgIpc) is 2.11. The number of rotatable bonds is 1. The summed E-state index contributed by atoms with van der Waals surface area (Å²) in [6.45, 7) is 8.15. The molecule has 1 rings (SSSR count). The van der Waals surface area contributed by atoms with Gasteiger partial charge in [-0.15, -0.1) is 0 Å². The van der Waals surface area contributed by atoms with E-state index in [1.54, 1.807) is 0 Å². The van der Waals surface area contributed by atoms with Crippen LogP contribution in [0.1, 0.15) is 33.6 Å². The maximum atomic E-state index is 3.59. The summed E-state index contributed by atoms with van der Waals surface area (Å²) >= 11 is 2.13. The molecule has 0 spiro atoms. The molecule has 1 nitrogen and oxygen atoms in total. The van der Waals surface area contributed by atoms with Gasteiger partial charge in [0.05, 0.1) is 0 Å². The van der Waals surface area contributed by atoms with E-state index in [4.69, 9.17) is 0 Å². The molecule has 0 aromatic rings. The standard InChI is InChI=1S/C9H19NS/c1-4-9-8(3)11-7(2)5-6-10-9/h7-10H,4-6H2,1-3H3. The Morgan fingerprint density at radius 3 is 2.82 bits per heavy atom. The second kappa shape index (κ2) is 4.36. The van der Waals surface area contributed by atoms with Crippen LogP contribution in [0.2, 0.25) is 0 Å². The lowest BCUT2D eigenvalue weighted by atomic mass is 10.1. The molecule has 0 aliphatic carbocycles. The summed E-state index contributed by atoms with van der Waals surface area (Å²) in [4.78, 5) is 0. The quantitative estimate of drug-likeness (QED) is 0.653. The lowest BCUT2D eigenvalue weighted by Gasteiger charge is -2.20. The minimum atomic E-state index is 0.741. The van der Waals surface area contributed by atoms with Gasteiger partial charge in [-0.1, -0.05) is 20.8 Å². The molecule has 0 aromatic carbocycles. The Labute approximate surface area is 74.3 Å². The number of hydrogen-bond donors (Lipinski definition) is 1. The molecule has 0 amide bonds. The van der Waals surface area contributed by atoms with E-state index in [1.165, 1.54) is 19.4 Å². The Balaban J connectivity index is 2.43. The zero-order valence-electron chi connectivity index (χ0n) is 7.76. The lowest BCUT2D eigenvalue weighted by Crippen LogP contribution is -2.34. The summed E-state index contributed by atoms with van der Waals surface area (Å²) in [5.74, 6) is 0. The van der Waals surface area contributed by atoms with E-state index < -0.39 is 0 Å². The van der Waals surface area contributed by atoms with Gasteiger partial charge in [-0.3, -0.25) is 0 Å². The molecule has 3 atom stereocenters. The Kier molecular flexibility index (Phi) is 3.73. The van der Waals surface area contributed by atoms with Gasteiger partial charge >= 0.3 is 0 Å². The fourth-order valence-corrected chi connectivity index (χ4v) is 3.11. The Morgan fingerprint density at radius 1 is 1.45 bits per heavy atom. The summed E-state index contributed by atoms with van der Waals surface area (Å²) in [6.07, 6.45) is 2.59. The van der Waals surface area contributed by atoms with Crippen molar-refractivity contribution >= 4 is 11.8 Å². The summed E-state index contributed by atoms with van der Waals surface area (Å²) in [5.41, 5.74) is 0. The fourth-order valence-electron chi connectivity index (χ4n) is 1.64. The van der Waals surface area contributed by atoms with Crippen LogP contribution in [0.25, 0.3) is 0 Å². The highest BCUT2D eigenvalue weighted by Gasteiger charge is 2.21. The van der Waals surface area contributed by atoms with Crippen LogP contribution >= 0.6 is 11.8 Å². The molecule has 0 saturated carbocycles. The van der Waals surface area contributed by atoms with Crippen molar-refractivity contribution < 1.29 is 0 Å². The fraction of sp³-hybridized carbons (Fsp3) is 1.00. The van der Waals surface area contributed by atoms with Gasteiger partial charge in [-0.2, -0.15) is 11.8 Å². The first-order valence-electron chi connectivity index (χ1n) is 4.63. The van der Waals surface area contributed by atoms with Crippen LogP contribution in [0.5, 0.6) is 0 Å². The minimum absolute atomic E-state index is 0.741. The van der Waals surface area contributed by atoms with Crippen LogP contribution in [0.4, 0.5) is 0 Å². The first-order chi connectivity index (χ1) is 5.24. The van der Waals surface area contributed by atoms with Crippen LogP contribution in [-0.2, 0) is 0 Å². The topological polar surface area (TPSA) is 12.0 Å². The Bertz CT molecular complexity index is 116. The Morgan fingerprint density at radius 2 is 2.18 bits per heavy atom. The number of nitrogens with one attached hydrogen (secondary N) is 1. The van der Waals surface area contributed by atoms with Crippen LogP contribution in [0, 0.1) is 0 Å². The van der Waals surface area contributed by atoms with E-state index in [2.05, 4.69) is 37.8 Å². The highest BCUT2D eigenvalue weighted by Crippen LogP contribution is 2.25. The smallest absolute Gasteiger partial charge is 0.0181 e. The van der Waals surface area contributed by atoms with E-state index in [1.807, 2.05) is 0 Å². The van der Waals surface area contributed by atoms with Gasteiger partial charge in [0, 0.05) is 16.5 Å². The van der Waals surface area contributed by atoms with Crippen molar-refractivity contribution in [3.63, 3.8) is 0 Å². The third-order valence-corrected chi connectivity index (χ3v) is 3.87. The van der Waals surface area contributed by atoms with Crippen LogP contribution in [0.3, 0.4) is 0 Å². The molecule has 1 heterocycles. The number of thioether (sulfide) groups is 1. The molecule has 1 fully saturated rings. The molecule has 0 bridgehead atoms. The van der Waals surface area contributed by atoms with Crippen LogP contribution in [-0.4, -0.2) is 23.1 Å². The molecule has 1 saturated heterocycles. The molecule has 1 aliphatic heterocycles. The molecule has 66 valence electrons. The van der Waals surface area contributed by atoms with Crippen molar-refractivity contribution in [2.75, 3.05) is 6.54 Å². The van der Waals surface area contributed by atoms with E-state index in [0.717, 1.165) is 16.5 Å². The molecular formula is C9H19NS. The SMILES string of the molecule is CCC1NCCC(C)SC1C. The summed E-state index contributed by atoms with van der Waals surface area (Å²) in [6, 6.07) is 0.741. The lowest BCUT2D eigenvalue weighted by molar-refractivity contribution is 0.500. The van der Waals surface area contributed by atoms with Crippen molar-refractivity contribution in [3.05, 3.63) is 0 Å². The van der Waals surface area contributed by atoms with Crippen molar-refractivity contribution in [2.45, 2.75) is 50.2 Å². The number of hydrogen-bond acceptors (Lipinski definition) is 2. The molecular weight excluding hydrogens is 154 g/mol. The summed E-state index contributed by atoms with van der Waals surface area (Å²) in [5, 5.41) is 5.22. The highest BCUT2D eigenvalue weighted by molar-refractivity contribution is 8.00. The molecule has 2 heteroatoms. The molecule has 0 aromatic heterocycles. The molecule has 1 aliphatic rings. The molecule has 3 unspecified atom stereocenters. The van der Waals surface area contributed by atoms with Crippen molar-refractivity contribution in [1.82, 2.24) is 5.32 Å². The van der Waals surface area contributed by atoms with E-state index >= 15 is 0 Å². The van der Waals surface area contributed by atoms with Gasteiger partial charge in [0.15, 0.2) is 0 Å². The summed E-state index contributed by atoms with van der Waals surface area (Å²) < 4.78 is 0. The van der Waals surface area contributed by atoms with Crippen molar-refractivity contribution in [1.29, 1.82) is 0 Å². The predicted molar refractivity (Wildman–Crippen MR) is 53.2 cm³/mol. The third kappa shape index (κ3) is 2.68. The second-order valence-corrected chi connectivity index (χ2v) is 5.23. The van der Waals surface area contributed by atoms with Gasteiger partial charge in [-0.25, -0.2) is 0 Å². The zero-order chi connectivity index (χ0) is 8.27. The largest absolute Gasteiger partial charge is 0.313 e. The van der Waals surface area contributed by atoms with Gasteiger partial charge in [0.25, 0.3) is 0 Å². The highest BCUT2D eigenvalue weighted by atomic mass is 32.2. The van der Waals surface area contributed by atoms with Gasteiger partial charge in [0.1, 0.15) is 0 Å². The van der Waals surface area contributed by atoms with Gasteiger partial charge in [-0.05, 0) is 19.4 Å². The van der Waals surface area contributed by atoms with Gasteiger partial charge in [0.2, 0.25) is 0 Å². The van der Waals surface area contributed by atoms with E-state index in [9.17, 15) is 0 Å². The predicted octanol–water partition coefficient (Wildman–Crippen LogP) is 2.27. The molecule has 1 N–H and O–H groups in total. The minimum Gasteiger partial charge on any atom is -0.313 e. The normalized spacial score (nSPS) is 40.1. The maximum Gasteiger partial charge on any atom is 0.0181 e. The van der Waals surface area contributed by atoms with Crippen molar-refractivity contribution in [2.24, 2.45) is 0 Å². The van der Waals surface area contributed by atoms with E-state index in [0.29, 0.717) is 0 Å². The third-order valence-electron chi connectivity index (χ3n) is 2.41. The second-order valence-electron chi connectivity index (χ2n) is 3.41. The van der Waals surface area contributed by atoms with Crippen molar-refractivity contribution in [3.8, 4) is 0 Å². The first-order valence-corrected chi connectivity index (χ1v) is 5.57. The van der Waals surface area contributed by atoms with Crippen LogP contribution < -0.4 is 5.32 Å². The average molecular weight is 173 g/mol. The maximum absolute atomic E-state index is 3.59. The molecule has 0 radical (unpaired) electrons.